The van der Waals surface area contributed by atoms with E-state index in [0.717, 1.165) is 12.1 Å². The normalized spacial score (nSPS) is 15.8. The lowest BCUT2D eigenvalue weighted by Crippen LogP contribution is -2.48. The third-order valence-electron chi connectivity index (χ3n) is 4.51. The number of aromatic hydroxyl groups is 1. The van der Waals surface area contributed by atoms with Crippen molar-refractivity contribution in [2.24, 2.45) is 0 Å². The van der Waals surface area contributed by atoms with Gasteiger partial charge in [0.1, 0.15) is 5.75 Å². The number of halogens is 4. The van der Waals surface area contributed by atoms with Crippen LogP contribution in [0, 0.1) is 0 Å². The van der Waals surface area contributed by atoms with Gasteiger partial charge in [0.25, 0.3) is 5.91 Å². The number of hydrogen-bond acceptors (Lipinski definition) is 3. The lowest BCUT2D eigenvalue weighted by atomic mass is 10.1. The van der Waals surface area contributed by atoms with E-state index >= 15 is 0 Å². The molecule has 144 valence electrons. The summed E-state index contributed by atoms with van der Waals surface area (Å²) in [4.78, 5) is 16.2. The fourth-order valence-electron chi connectivity index (χ4n) is 3.06. The quantitative estimate of drug-likeness (QED) is 0.849. The van der Waals surface area contributed by atoms with E-state index in [1.165, 1.54) is 24.3 Å². The van der Waals surface area contributed by atoms with Crippen molar-refractivity contribution in [3.8, 4) is 5.75 Å². The molecule has 1 heterocycles. The zero-order valence-corrected chi connectivity index (χ0v) is 15.1. The summed E-state index contributed by atoms with van der Waals surface area (Å²) >= 11 is 5.89. The SMILES string of the molecule is O=C(c1cc(Cl)ccc1O)N1CCN(Cc2cccc(C(F)(F)F)c2)CC1. The molecule has 2 aromatic rings. The number of rotatable bonds is 3. The van der Waals surface area contributed by atoms with Gasteiger partial charge in [0.15, 0.2) is 0 Å². The van der Waals surface area contributed by atoms with Gasteiger partial charge in [-0.2, -0.15) is 13.2 Å². The van der Waals surface area contributed by atoms with Crippen LogP contribution in [0.15, 0.2) is 42.5 Å². The number of carbonyl (C=O) groups is 1. The Hall–Kier alpha value is -2.25. The van der Waals surface area contributed by atoms with Crippen LogP contribution in [0.25, 0.3) is 0 Å². The molecule has 2 aromatic carbocycles. The summed E-state index contributed by atoms with van der Waals surface area (Å²) in [5, 5.41) is 10.2. The predicted octanol–water partition coefficient (Wildman–Crippen LogP) is 4.02. The van der Waals surface area contributed by atoms with Crippen molar-refractivity contribution in [3.05, 3.63) is 64.2 Å². The number of amides is 1. The van der Waals surface area contributed by atoms with Crippen molar-refractivity contribution in [2.75, 3.05) is 26.2 Å². The fourth-order valence-corrected chi connectivity index (χ4v) is 3.24. The molecule has 1 amide bonds. The van der Waals surface area contributed by atoms with Crippen LogP contribution < -0.4 is 0 Å². The second-order valence-corrected chi connectivity index (χ2v) is 6.86. The van der Waals surface area contributed by atoms with Gasteiger partial charge in [0.05, 0.1) is 11.1 Å². The Morgan fingerprint density at radius 3 is 2.44 bits per heavy atom. The van der Waals surface area contributed by atoms with Crippen LogP contribution in [0.2, 0.25) is 5.02 Å². The second-order valence-electron chi connectivity index (χ2n) is 6.43. The molecule has 27 heavy (non-hydrogen) atoms. The molecule has 1 fully saturated rings. The summed E-state index contributed by atoms with van der Waals surface area (Å²) in [5.41, 5.74) is 0.0659. The third kappa shape index (κ3) is 4.73. The minimum atomic E-state index is -4.36. The van der Waals surface area contributed by atoms with E-state index in [2.05, 4.69) is 0 Å². The Kier molecular flexibility index (Phi) is 5.62. The Balaban J connectivity index is 1.61. The standard InChI is InChI=1S/C19H18ClF3N2O2/c20-15-4-5-17(26)16(11-15)18(27)25-8-6-24(7-9-25)12-13-2-1-3-14(10-13)19(21,22)23/h1-5,10-11,26H,6-9,12H2. The Morgan fingerprint density at radius 1 is 1.07 bits per heavy atom. The van der Waals surface area contributed by atoms with Crippen LogP contribution in [0.1, 0.15) is 21.5 Å². The highest BCUT2D eigenvalue weighted by molar-refractivity contribution is 6.31. The minimum absolute atomic E-state index is 0.129. The van der Waals surface area contributed by atoms with E-state index in [1.807, 2.05) is 4.90 Å². The Morgan fingerprint density at radius 2 is 1.78 bits per heavy atom. The van der Waals surface area contributed by atoms with E-state index < -0.39 is 11.7 Å². The van der Waals surface area contributed by atoms with E-state index in [0.29, 0.717) is 43.3 Å². The summed E-state index contributed by atoms with van der Waals surface area (Å²) in [6, 6.07) is 9.57. The van der Waals surface area contributed by atoms with Gasteiger partial charge in [-0.15, -0.1) is 0 Å². The van der Waals surface area contributed by atoms with Gasteiger partial charge in [0, 0.05) is 37.7 Å². The molecular formula is C19H18ClF3N2O2. The van der Waals surface area contributed by atoms with Crippen LogP contribution in [0.5, 0.6) is 5.75 Å². The molecule has 0 spiro atoms. The molecule has 0 bridgehead atoms. The molecule has 0 radical (unpaired) electrons. The lowest BCUT2D eigenvalue weighted by molar-refractivity contribution is -0.137. The topological polar surface area (TPSA) is 43.8 Å². The van der Waals surface area contributed by atoms with Crippen molar-refractivity contribution < 1.29 is 23.1 Å². The van der Waals surface area contributed by atoms with Crippen molar-refractivity contribution in [1.82, 2.24) is 9.80 Å². The fraction of sp³-hybridized carbons (Fsp3) is 0.316. The van der Waals surface area contributed by atoms with Gasteiger partial charge in [-0.1, -0.05) is 29.8 Å². The van der Waals surface area contributed by atoms with E-state index in [4.69, 9.17) is 11.6 Å². The summed E-state index contributed by atoms with van der Waals surface area (Å²) < 4.78 is 38.5. The first-order chi connectivity index (χ1) is 12.7. The van der Waals surface area contributed by atoms with E-state index in [1.54, 1.807) is 11.0 Å². The number of phenols is 1. The summed E-state index contributed by atoms with van der Waals surface area (Å²) in [7, 11) is 0. The van der Waals surface area contributed by atoms with Gasteiger partial charge in [-0.25, -0.2) is 0 Å². The second kappa shape index (κ2) is 7.78. The highest BCUT2D eigenvalue weighted by Gasteiger charge is 2.30. The van der Waals surface area contributed by atoms with Crippen LogP contribution >= 0.6 is 11.6 Å². The van der Waals surface area contributed by atoms with Crippen molar-refractivity contribution in [2.45, 2.75) is 12.7 Å². The molecule has 0 unspecified atom stereocenters. The molecule has 1 saturated heterocycles. The molecule has 8 heteroatoms. The maximum absolute atomic E-state index is 12.8. The molecule has 1 aliphatic heterocycles. The summed E-state index contributed by atoms with van der Waals surface area (Å²) in [5.74, 6) is -0.440. The van der Waals surface area contributed by atoms with Crippen LogP contribution in [0.3, 0.4) is 0 Å². The van der Waals surface area contributed by atoms with E-state index in [9.17, 15) is 23.1 Å². The lowest BCUT2D eigenvalue weighted by Gasteiger charge is -2.35. The van der Waals surface area contributed by atoms with E-state index in [-0.39, 0.29) is 17.2 Å². The minimum Gasteiger partial charge on any atom is -0.507 e. The predicted molar refractivity (Wildman–Crippen MR) is 95.7 cm³/mol. The number of piperazine rings is 1. The van der Waals surface area contributed by atoms with Crippen molar-refractivity contribution in [1.29, 1.82) is 0 Å². The third-order valence-corrected chi connectivity index (χ3v) is 4.74. The van der Waals surface area contributed by atoms with Gasteiger partial charge in [-0.3, -0.25) is 9.69 Å². The average molecular weight is 399 g/mol. The average Bonchev–Trinajstić information content (AvgIpc) is 2.63. The molecular weight excluding hydrogens is 381 g/mol. The monoisotopic (exact) mass is 398 g/mol. The first-order valence-electron chi connectivity index (χ1n) is 8.40. The maximum atomic E-state index is 12.8. The molecule has 0 atom stereocenters. The van der Waals surface area contributed by atoms with Crippen LogP contribution in [-0.4, -0.2) is 47.0 Å². The van der Waals surface area contributed by atoms with Gasteiger partial charge >= 0.3 is 6.18 Å². The van der Waals surface area contributed by atoms with Crippen LogP contribution in [0.4, 0.5) is 13.2 Å². The number of alkyl halides is 3. The maximum Gasteiger partial charge on any atom is 0.416 e. The number of carbonyl (C=O) groups excluding carboxylic acids is 1. The van der Waals surface area contributed by atoms with Gasteiger partial charge < -0.3 is 10.0 Å². The molecule has 1 aliphatic rings. The van der Waals surface area contributed by atoms with Crippen LogP contribution in [-0.2, 0) is 12.7 Å². The molecule has 0 aliphatic carbocycles. The zero-order chi connectivity index (χ0) is 19.6. The van der Waals surface area contributed by atoms with Crippen molar-refractivity contribution >= 4 is 17.5 Å². The first kappa shape index (κ1) is 19.5. The molecule has 0 saturated carbocycles. The van der Waals surface area contributed by atoms with Gasteiger partial charge in [0.2, 0.25) is 0 Å². The smallest absolute Gasteiger partial charge is 0.416 e. The number of phenolic OH excluding ortho intramolecular Hbond substituents is 1. The molecule has 3 rings (SSSR count). The Labute approximate surface area is 159 Å². The Bertz CT molecular complexity index is 834. The first-order valence-corrected chi connectivity index (χ1v) is 8.78. The summed E-state index contributed by atoms with van der Waals surface area (Å²) in [6.07, 6.45) is -4.36. The largest absolute Gasteiger partial charge is 0.507 e. The highest BCUT2D eigenvalue weighted by Crippen LogP contribution is 2.30. The number of nitrogens with zero attached hydrogens (tertiary/aromatic N) is 2. The molecule has 1 N–H and O–H groups in total. The molecule has 0 aromatic heterocycles. The number of benzene rings is 2. The number of hydrogen-bond donors (Lipinski definition) is 1. The van der Waals surface area contributed by atoms with Crippen molar-refractivity contribution in [3.63, 3.8) is 0 Å². The highest BCUT2D eigenvalue weighted by atomic mass is 35.5. The summed E-state index contributed by atoms with van der Waals surface area (Å²) in [6.45, 7) is 2.29. The zero-order valence-electron chi connectivity index (χ0n) is 14.3. The molecule has 4 nitrogen and oxygen atoms in total. The van der Waals surface area contributed by atoms with Gasteiger partial charge in [-0.05, 0) is 29.8 Å².